The summed E-state index contributed by atoms with van der Waals surface area (Å²) >= 11 is 2.34. The number of nitrogens with two attached hydrogens (primary N) is 1. The van der Waals surface area contributed by atoms with Gasteiger partial charge in [-0.25, -0.2) is 5.10 Å². The number of amides is 1. The maximum atomic E-state index is 11.8. The molecule has 1 aromatic heterocycles. The number of hydrogen-bond acceptors (Lipinski definition) is 8. The molecule has 0 aliphatic carbocycles. The summed E-state index contributed by atoms with van der Waals surface area (Å²) in [6, 6.07) is -0.573. The highest BCUT2D eigenvalue weighted by Crippen LogP contribution is 2.43. The van der Waals surface area contributed by atoms with Crippen LogP contribution in [0, 0.1) is 5.41 Å². The van der Waals surface area contributed by atoms with Crippen LogP contribution in [0.1, 0.15) is 0 Å². The van der Waals surface area contributed by atoms with E-state index in [1.165, 1.54) is 16.7 Å². The van der Waals surface area contributed by atoms with Crippen molar-refractivity contribution in [1.29, 1.82) is 0 Å². The van der Waals surface area contributed by atoms with E-state index >= 15 is 0 Å². The van der Waals surface area contributed by atoms with Gasteiger partial charge in [0, 0.05) is 18.1 Å². The molecule has 0 aromatic carbocycles. The number of fused-ring (bicyclic) bond motifs is 1. The largest absolute Gasteiger partial charge is 0.481 e. The van der Waals surface area contributed by atoms with Gasteiger partial charge in [-0.15, -0.1) is 16.9 Å². The predicted molar refractivity (Wildman–Crippen MR) is 82.2 cm³/mol. The fraction of sp³-hybridized carbons (Fsp3) is 0.545. The standard InChI is InChI=1S/C11H13N5O5S2/c12-4-7(19)16-1-11(9(20)21,2-22-8(4)16)3-23-10-13-5(17)6(18)14-15-10/h4,8H,1-3,12H2,(H,14,18)(H,20,21)(H,13,15,17)/t4?,8-,11?/m1/s1. The zero-order valence-electron chi connectivity index (χ0n) is 11.6. The van der Waals surface area contributed by atoms with Gasteiger partial charge < -0.3 is 15.7 Å². The number of aliphatic carboxylic acids is 1. The number of β-lactam (4-membered cyclic amide) rings is 1. The first kappa shape index (κ1) is 16.1. The van der Waals surface area contributed by atoms with Crippen molar-refractivity contribution in [2.24, 2.45) is 11.1 Å². The highest BCUT2D eigenvalue weighted by molar-refractivity contribution is 8.00. The summed E-state index contributed by atoms with van der Waals surface area (Å²) in [7, 11) is 0. The van der Waals surface area contributed by atoms with Crippen molar-refractivity contribution >= 4 is 35.4 Å². The van der Waals surface area contributed by atoms with E-state index in [4.69, 9.17) is 5.73 Å². The van der Waals surface area contributed by atoms with Crippen LogP contribution in [0.25, 0.3) is 0 Å². The quantitative estimate of drug-likeness (QED) is 0.267. The lowest BCUT2D eigenvalue weighted by atomic mass is 9.89. The minimum absolute atomic E-state index is 0.0626. The van der Waals surface area contributed by atoms with Crippen LogP contribution >= 0.6 is 23.5 Å². The van der Waals surface area contributed by atoms with Crippen molar-refractivity contribution in [3.63, 3.8) is 0 Å². The summed E-state index contributed by atoms with van der Waals surface area (Å²) in [6.45, 7) is 0.0626. The average molecular weight is 359 g/mol. The highest BCUT2D eigenvalue weighted by atomic mass is 32.2. The van der Waals surface area contributed by atoms with Gasteiger partial charge in [0.1, 0.15) is 16.8 Å². The van der Waals surface area contributed by atoms with Gasteiger partial charge in [0.15, 0.2) is 5.16 Å². The second kappa shape index (κ2) is 5.69. The molecule has 2 saturated heterocycles. The molecule has 3 rings (SSSR count). The number of H-pyrrole nitrogens is 2. The van der Waals surface area contributed by atoms with E-state index in [9.17, 15) is 24.3 Å². The molecule has 0 bridgehead atoms. The Morgan fingerprint density at radius 1 is 1.48 bits per heavy atom. The summed E-state index contributed by atoms with van der Waals surface area (Å²) in [5, 5.41) is 15.2. The van der Waals surface area contributed by atoms with Crippen LogP contribution in [-0.4, -0.2) is 66.5 Å². The van der Waals surface area contributed by atoms with Gasteiger partial charge in [-0.2, -0.15) is 0 Å². The molecule has 2 unspecified atom stereocenters. The number of carbonyl (C=O) groups excluding carboxylic acids is 1. The number of carbonyl (C=O) groups is 2. The van der Waals surface area contributed by atoms with Gasteiger partial charge in [0.2, 0.25) is 5.91 Å². The molecule has 23 heavy (non-hydrogen) atoms. The van der Waals surface area contributed by atoms with E-state index in [1.54, 1.807) is 0 Å². The van der Waals surface area contributed by atoms with Crippen molar-refractivity contribution in [3.05, 3.63) is 20.7 Å². The van der Waals surface area contributed by atoms with Crippen molar-refractivity contribution in [1.82, 2.24) is 20.1 Å². The van der Waals surface area contributed by atoms with Crippen LogP contribution in [0.15, 0.2) is 14.7 Å². The Morgan fingerprint density at radius 3 is 2.87 bits per heavy atom. The molecule has 12 heteroatoms. The molecule has 0 spiro atoms. The topological polar surface area (TPSA) is 162 Å². The number of thioether (sulfide) groups is 2. The lowest BCUT2D eigenvalue weighted by Crippen LogP contribution is -2.72. The van der Waals surface area contributed by atoms with Crippen LogP contribution < -0.4 is 16.9 Å². The number of rotatable bonds is 4. The predicted octanol–water partition coefficient (Wildman–Crippen LogP) is -2.14. The van der Waals surface area contributed by atoms with Crippen molar-refractivity contribution < 1.29 is 14.7 Å². The normalized spacial score (nSPS) is 29.8. The second-order valence-corrected chi connectivity index (χ2v) is 7.45. The third-order valence-corrected chi connectivity index (χ3v) is 6.58. The Labute approximate surface area is 137 Å². The SMILES string of the molecule is NC1C(=O)N2CC(CSc3n[nH]c(=O)c(=O)[nH]3)(C(=O)O)CS[C@H]12. The fourth-order valence-corrected chi connectivity index (χ4v) is 5.04. The van der Waals surface area contributed by atoms with E-state index < -0.39 is 28.5 Å². The molecule has 10 nitrogen and oxygen atoms in total. The van der Waals surface area contributed by atoms with Gasteiger partial charge in [-0.05, 0) is 0 Å². The van der Waals surface area contributed by atoms with Gasteiger partial charge in [0.25, 0.3) is 0 Å². The Hall–Kier alpha value is -1.79. The number of carboxylic acids is 1. The zero-order chi connectivity index (χ0) is 16.8. The molecule has 3 heterocycles. The van der Waals surface area contributed by atoms with Gasteiger partial charge >= 0.3 is 17.1 Å². The van der Waals surface area contributed by atoms with E-state index in [-0.39, 0.29) is 28.7 Å². The van der Waals surface area contributed by atoms with E-state index in [0.29, 0.717) is 5.75 Å². The first-order valence-corrected chi connectivity index (χ1v) is 8.60. The Bertz CT molecular complexity index is 779. The van der Waals surface area contributed by atoms with Crippen LogP contribution in [-0.2, 0) is 9.59 Å². The Balaban J connectivity index is 1.76. The lowest BCUT2D eigenvalue weighted by Gasteiger charge is -2.52. The number of hydrogen-bond donors (Lipinski definition) is 4. The Kier molecular flexibility index (Phi) is 3.98. The summed E-state index contributed by atoms with van der Waals surface area (Å²) in [6.07, 6.45) is 0. The average Bonchev–Trinajstić information content (AvgIpc) is 2.54. The van der Waals surface area contributed by atoms with Gasteiger partial charge in [0.05, 0.1) is 0 Å². The van der Waals surface area contributed by atoms with Gasteiger partial charge in [-0.1, -0.05) is 11.8 Å². The van der Waals surface area contributed by atoms with Crippen LogP contribution in [0.2, 0.25) is 0 Å². The first-order valence-electron chi connectivity index (χ1n) is 6.57. The molecule has 0 radical (unpaired) electrons. The molecule has 2 aliphatic rings. The zero-order valence-corrected chi connectivity index (χ0v) is 13.3. The minimum Gasteiger partial charge on any atom is -0.481 e. The molecule has 2 fully saturated rings. The number of carboxylic acid groups (broad SMARTS) is 1. The van der Waals surface area contributed by atoms with Gasteiger partial charge in [-0.3, -0.25) is 24.2 Å². The summed E-state index contributed by atoms with van der Waals surface area (Å²) < 4.78 is 0. The number of aromatic nitrogens is 3. The van der Waals surface area contributed by atoms with Crippen LogP contribution in [0.5, 0.6) is 0 Å². The molecule has 2 aliphatic heterocycles. The molecule has 124 valence electrons. The minimum atomic E-state index is -1.17. The van der Waals surface area contributed by atoms with Crippen LogP contribution in [0.4, 0.5) is 0 Å². The summed E-state index contributed by atoms with van der Waals surface area (Å²) in [4.78, 5) is 49.5. The molecule has 1 amide bonds. The van der Waals surface area contributed by atoms with Crippen molar-refractivity contribution in [3.8, 4) is 0 Å². The smallest absolute Gasteiger partial charge is 0.329 e. The lowest BCUT2D eigenvalue weighted by molar-refractivity contribution is -0.155. The second-order valence-electron chi connectivity index (χ2n) is 5.38. The number of aromatic amines is 2. The third-order valence-electron chi connectivity index (χ3n) is 3.81. The van der Waals surface area contributed by atoms with E-state index in [2.05, 4.69) is 10.1 Å². The highest BCUT2D eigenvalue weighted by Gasteiger charge is 2.55. The van der Waals surface area contributed by atoms with Crippen LogP contribution in [0.3, 0.4) is 0 Å². The molecular weight excluding hydrogens is 346 g/mol. The fourth-order valence-electron chi connectivity index (χ4n) is 2.42. The molecule has 3 atom stereocenters. The molecule has 5 N–H and O–H groups in total. The molecular formula is C11H13N5O5S2. The van der Waals surface area contributed by atoms with E-state index in [0.717, 1.165) is 11.8 Å². The number of nitrogens with one attached hydrogen (secondary N) is 2. The summed E-state index contributed by atoms with van der Waals surface area (Å²) in [5.74, 6) is -0.898. The molecule has 0 saturated carbocycles. The first-order chi connectivity index (χ1) is 10.8. The van der Waals surface area contributed by atoms with Crippen molar-refractivity contribution in [2.75, 3.05) is 18.1 Å². The third kappa shape index (κ3) is 2.66. The number of nitrogens with zero attached hydrogens (tertiary/aromatic N) is 2. The maximum absolute atomic E-state index is 11.8. The monoisotopic (exact) mass is 359 g/mol. The Morgan fingerprint density at radius 2 is 2.22 bits per heavy atom. The maximum Gasteiger partial charge on any atom is 0.329 e. The van der Waals surface area contributed by atoms with E-state index in [1.807, 2.05) is 5.10 Å². The summed E-state index contributed by atoms with van der Waals surface area (Å²) in [5.41, 5.74) is 2.79. The molecule has 1 aromatic rings. The van der Waals surface area contributed by atoms with Crippen molar-refractivity contribution in [2.45, 2.75) is 16.6 Å².